The summed E-state index contributed by atoms with van der Waals surface area (Å²) in [6.07, 6.45) is 1.87. The number of rotatable bonds is 8. The Morgan fingerprint density at radius 1 is 1.19 bits per heavy atom. The molecule has 0 aliphatic heterocycles. The molecule has 2 atom stereocenters. The largest absolute Gasteiger partial charge is 0.313 e. The van der Waals surface area contributed by atoms with Crippen LogP contribution >= 0.6 is 23.2 Å². The number of nitrogens with one attached hydrogen (secondary N) is 1. The Kier molecular flexibility index (Phi) is 7.48. The summed E-state index contributed by atoms with van der Waals surface area (Å²) in [6.45, 7) is 6.96. The molecule has 1 rings (SSSR count). The molecule has 0 bridgehead atoms. The molecule has 21 heavy (non-hydrogen) atoms. The van der Waals surface area contributed by atoms with E-state index in [-0.39, 0.29) is 32.7 Å². The van der Waals surface area contributed by atoms with Gasteiger partial charge in [-0.15, -0.1) is 0 Å². The molecule has 0 saturated carbocycles. The third-order valence-electron chi connectivity index (χ3n) is 3.62. The van der Waals surface area contributed by atoms with Gasteiger partial charge in [-0.1, -0.05) is 56.5 Å². The van der Waals surface area contributed by atoms with Crippen LogP contribution in [0.1, 0.15) is 33.6 Å². The van der Waals surface area contributed by atoms with Crippen LogP contribution in [0.5, 0.6) is 0 Å². The molecule has 1 aromatic carbocycles. The first-order chi connectivity index (χ1) is 9.83. The Bertz CT molecular complexity index is 541. The molecule has 0 saturated heterocycles. The van der Waals surface area contributed by atoms with Crippen molar-refractivity contribution in [3.63, 3.8) is 0 Å². The standard InChI is InChI=1S/C15H23Cl2NO2S/c1-4-9-18-14(11(3)5-2)10-21(19,20)15-12(16)7-6-8-13(15)17/h6-8,11,14,18H,4-5,9-10H2,1-3H3. The third kappa shape index (κ3) is 5.13. The van der Waals surface area contributed by atoms with Crippen LogP contribution in [0, 0.1) is 5.92 Å². The molecule has 0 aliphatic carbocycles. The molecule has 0 aliphatic rings. The highest BCUT2D eigenvalue weighted by Crippen LogP contribution is 2.30. The maximum Gasteiger partial charge on any atom is 0.182 e. The van der Waals surface area contributed by atoms with Crippen LogP contribution in [0.25, 0.3) is 0 Å². The summed E-state index contributed by atoms with van der Waals surface area (Å²) in [5.74, 6) is 0.262. The van der Waals surface area contributed by atoms with E-state index in [0.717, 1.165) is 19.4 Å². The van der Waals surface area contributed by atoms with E-state index < -0.39 is 9.84 Å². The van der Waals surface area contributed by atoms with Gasteiger partial charge in [0.2, 0.25) is 0 Å². The summed E-state index contributed by atoms with van der Waals surface area (Å²) in [5.41, 5.74) is 0. The molecule has 2 unspecified atom stereocenters. The second kappa shape index (κ2) is 8.37. The predicted molar refractivity (Wildman–Crippen MR) is 90.1 cm³/mol. The molecule has 0 heterocycles. The molecule has 3 nitrogen and oxygen atoms in total. The highest BCUT2D eigenvalue weighted by molar-refractivity contribution is 7.91. The zero-order chi connectivity index (χ0) is 16.0. The molecule has 1 N–H and O–H groups in total. The van der Waals surface area contributed by atoms with E-state index in [1.54, 1.807) is 18.2 Å². The Balaban J connectivity index is 3.06. The van der Waals surface area contributed by atoms with E-state index in [1.807, 2.05) is 0 Å². The van der Waals surface area contributed by atoms with Gasteiger partial charge in [-0.2, -0.15) is 0 Å². The number of hydrogen-bond donors (Lipinski definition) is 1. The molecule has 0 radical (unpaired) electrons. The molecule has 1 aromatic rings. The van der Waals surface area contributed by atoms with Crippen molar-refractivity contribution in [1.82, 2.24) is 5.32 Å². The van der Waals surface area contributed by atoms with E-state index in [1.165, 1.54) is 0 Å². The van der Waals surface area contributed by atoms with Crippen molar-refractivity contribution >= 4 is 33.0 Å². The smallest absolute Gasteiger partial charge is 0.182 e. The van der Waals surface area contributed by atoms with Crippen molar-refractivity contribution in [2.24, 2.45) is 5.92 Å². The predicted octanol–water partition coefficient (Wildman–Crippen LogP) is 4.18. The zero-order valence-corrected chi connectivity index (χ0v) is 15.0. The fourth-order valence-corrected chi connectivity index (χ4v) is 5.06. The summed E-state index contributed by atoms with van der Waals surface area (Å²) in [6, 6.07) is 4.65. The average molecular weight is 352 g/mol. The Morgan fingerprint density at radius 3 is 2.24 bits per heavy atom. The van der Waals surface area contributed by atoms with Gasteiger partial charge in [-0.05, 0) is 31.0 Å². The summed E-state index contributed by atoms with van der Waals surface area (Å²) in [5, 5.41) is 3.68. The number of halogens is 2. The SMILES string of the molecule is CCCNC(CS(=O)(=O)c1c(Cl)cccc1Cl)C(C)CC. The van der Waals surface area contributed by atoms with E-state index in [2.05, 4.69) is 26.1 Å². The van der Waals surface area contributed by atoms with Gasteiger partial charge < -0.3 is 5.32 Å². The Hall–Kier alpha value is -0.290. The van der Waals surface area contributed by atoms with Crippen LogP contribution in [-0.2, 0) is 9.84 Å². The Labute approximate surface area is 137 Å². The quantitative estimate of drug-likeness (QED) is 0.763. The number of benzene rings is 1. The summed E-state index contributed by atoms with van der Waals surface area (Å²) in [4.78, 5) is 0.0416. The average Bonchev–Trinajstić information content (AvgIpc) is 2.42. The fourth-order valence-electron chi connectivity index (χ4n) is 2.14. The molecular formula is C15H23Cl2NO2S. The van der Waals surface area contributed by atoms with Gasteiger partial charge >= 0.3 is 0 Å². The minimum Gasteiger partial charge on any atom is -0.313 e. The van der Waals surface area contributed by atoms with Crippen molar-refractivity contribution in [2.75, 3.05) is 12.3 Å². The molecular weight excluding hydrogens is 329 g/mol. The zero-order valence-electron chi connectivity index (χ0n) is 12.7. The summed E-state index contributed by atoms with van der Waals surface area (Å²) < 4.78 is 25.3. The van der Waals surface area contributed by atoms with Gasteiger partial charge in [-0.3, -0.25) is 0 Å². The first kappa shape index (κ1) is 18.8. The third-order valence-corrected chi connectivity index (χ3v) is 6.33. The first-order valence-electron chi connectivity index (χ1n) is 7.23. The first-order valence-corrected chi connectivity index (χ1v) is 9.64. The second-order valence-corrected chi connectivity index (χ2v) is 8.06. The van der Waals surface area contributed by atoms with Gasteiger partial charge in [0.05, 0.1) is 15.8 Å². The minimum atomic E-state index is -3.53. The van der Waals surface area contributed by atoms with Crippen molar-refractivity contribution in [2.45, 2.75) is 44.6 Å². The van der Waals surface area contributed by atoms with Crippen molar-refractivity contribution in [3.05, 3.63) is 28.2 Å². The normalized spacial score (nSPS) is 14.9. The lowest BCUT2D eigenvalue weighted by molar-refractivity contribution is 0.391. The van der Waals surface area contributed by atoms with E-state index in [0.29, 0.717) is 0 Å². The van der Waals surface area contributed by atoms with Gasteiger partial charge in [0.25, 0.3) is 0 Å². The minimum absolute atomic E-state index is 0.00542. The van der Waals surface area contributed by atoms with Crippen LogP contribution in [0.3, 0.4) is 0 Å². The second-order valence-electron chi connectivity index (χ2n) is 5.28. The molecule has 0 fully saturated rings. The summed E-state index contributed by atoms with van der Waals surface area (Å²) in [7, 11) is -3.53. The number of sulfone groups is 1. The van der Waals surface area contributed by atoms with Gasteiger partial charge in [0.1, 0.15) is 4.90 Å². The number of hydrogen-bond acceptors (Lipinski definition) is 3. The van der Waals surface area contributed by atoms with Crippen LogP contribution in [0.4, 0.5) is 0 Å². The maximum atomic E-state index is 12.7. The van der Waals surface area contributed by atoms with Gasteiger partial charge in [0, 0.05) is 6.04 Å². The topological polar surface area (TPSA) is 46.2 Å². The molecule has 0 amide bonds. The lowest BCUT2D eigenvalue weighted by atomic mass is 10.0. The van der Waals surface area contributed by atoms with Gasteiger partial charge in [0.15, 0.2) is 9.84 Å². The molecule has 0 aromatic heterocycles. The highest BCUT2D eigenvalue weighted by Gasteiger charge is 2.27. The van der Waals surface area contributed by atoms with E-state index in [4.69, 9.17) is 23.2 Å². The Morgan fingerprint density at radius 2 is 1.76 bits per heavy atom. The van der Waals surface area contributed by atoms with Crippen LogP contribution in [0.15, 0.2) is 23.1 Å². The van der Waals surface area contributed by atoms with Gasteiger partial charge in [-0.25, -0.2) is 8.42 Å². The van der Waals surface area contributed by atoms with Crippen molar-refractivity contribution in [3.8, 4) is 0 Å². The molecule has 0 spiro atoms. The summed E-state index contributed by atoms with van der Waals surface area (Å²) >= 11 is 12.1. The highest BCUT2D eigenvalue weighted by atomic mass is 35.5. The fraction of sp³-hybridized carbons (Fsp3) is 0.600. The van der Waals surface area contributed by atoms with Crippen LogP contribution in [-0.4, -0.2) is 26.8 Å². The van der Waals surface area contributed by atoms with E-state index in [9.17, 15) is 8.42 Å². The maximum absolute atomic E-state index is 12.7. The monoisotopic (exact) mass is 351 g/mol. The van der Waals surface area contributed by atoms with Crippen molar-refractivity contribution < 1.29 is 8.42 Å². The van der Waals surface area contributed by atoms with Crippen molar-refractivity contribution in [1.29, 1.82) is 0 Å². The van der Waals surface area contributed by atoms with E-state index >= 15 is 0 Å². The lowest BCUT2D eigenvalue weighted by Gasteiger charge is -2.24. The molecule has 120 valence electrons. The molecule has 6 heteroatoms. The van der Waals surface area contributed by atoms with Crippen LogP contribution in [0.2, 0.25) is 10.0 Å². The lowest BCUT2D eigenvalue weighted by Crippen LogP contribution is -2.41. The van der Waals surface area contributed by atoms with Crippen LogP contribution < -0.4 is 5.32 Å².